The minimum atomic E-state index is 0.507. The van der Waals surface area contributed by atoms with Gasteiger partial charge in [0, 0.05) is 18.0 Å². The van der Waals surface area contributed by atoms with Gasteiger partial charge in [-0.15, -0.1) is 10.2 Å². The van der Waals surface area contributed by atoms with Gasteiger partial charge >= 0.3 is 0 Å². The van der Waals surface area contributed by atoms with Crippen LogP contribution in [0.2, 0.25) is 0 Å². The van der Waals surface area contributed by atoms with Crippen LogP contribution in [0.1, 0.15) is 12.6 Å². The van der Waals surface area contributed by atoms with Crippen LogP contribution >= 0.6 is 0 Å². The van der Waals surface area contributed by atoms with Crippen LogP contribution in [0.4, 0.5) is 5.82 Å². The third kappa shape index (κ3) is 1.44. The van der Waals surface area contributed by atoms with E-state index in [0.29, 0.717) is 11.6 Å². The molecule has 0 saturated heterocycles. The van der Waals surface area contributed by atoms with Crippen LogP contribution < -0.4 is 5.73 Å². The van der Waals surface area contributed by atoms with Gasteiger partial charge in [-0.25, -0.2) is 4.68 Å². The molecule has 0 atom stereocenters. The summed E-state index contributed by atoms with van der Waals surface area (Å²) in [6.07, 6.45) is 2.49. The van der Waals surface area contributed by atoms with Crippen molar-refractivity contribution in [3.05, 3.63) is 30.1 Å². The van der Waals surface area contributed by atoms with Crippen LogP contribution in [0.25, 0.3) is 5.82 Å². The summed E-state index contributed by atoms with van der Waals surface area (Å²) in [6, 6.07) is 5.51. The van der Waals surface area contributed by atoms with Crippen LogP contribution in [0, 0.1) is 0 Å². The molecule has 5 nitrogen and oxygen atoms in total. The fourth-order valence-electron chi connectivity index (χ4n) is 1.30. The molecule has 0 saturated carbocycles. The number of hydrogen-bond acceptors (Lipinski definition) is 4. The third-order valence-electron chi connectivity index (χ3n) is 1.94. The second-order valence-electron chi connectivity index (χ2n) is 2.91. The molecule has 0 unspecified atom stereocenters. The maximum Gasteiger partial charge on any atom is 0.175 e. The number of aryl methyl sites for hydroxylation is 1. The van der Waals surface area contributed by atoms with Crippen molar-refractivity contribution in [2.24, 2.45) is 0 Å². The van der Waals surface area contributed by atoms with E-state index in [9.17, 15) is 0 Å². The smallest absolute Gasteiger partial charge is 0.175 e. The molecule has 0 aliphatic rings. The Labute approximate surface area is 81.6 Å². The Kier molecular flexibility index (Phi) is 2.14. The lowest BCUT2D eigenvalue weighted by Crippen LogP contribution is -2.04. The monoisotopic (exact) mass is 189 g/mol. The molecule has 0 aliphatic carbocycles. The zero-order chi connectivity index (χ0) is 9.97. The van der Waals surface area contributed by atoms with Crippen LogP contribution in [0.3, 0.4) is 0 Å². The lowest BCUT2D eigenvalue weighted by molar-refractivity contribution is 0.771. The predicted molar refractivity (Wildman–Crippen MR) is 52.9 cm³/mol. The van der Waals surface area contributed by atoms with Gasteiger partial charge in [0.1, 0.15) is 5.82 Å². The summed E-state index contributed by atoms with van der Waals surface area (Å²) in [5.74, 6) is 1.20. The van der Waals surface area contributed by atoms with Gasteiger partial charge in [-0.2, -0.15) is 5.10 Å². The van der Waals surface area contributed by atoms with E-state index in [1.54, 1.807) is 10.9 Å². The lowest BCUT2D eigenvalue weighted by Gasteiger charge is -2.01. The molecule has 0 aromatic carbocycles. The summed E-state index contributed by atoms with van der Waals surface area (Å²) in [7, 11) is 0. The highest BCUT2D eigenvalue weighted by molar-refractivity contribution is 5.34. The van der Waals surface area contributed by atoms with Gasteiger partial charge in [-0.3, -0.25) is 0 Å². The normalized spacial score (nSPS) is 10.4. The van der Waals surface area contributed by atoms with E-state index in [0.717, 1.165) is 12.1 Å². The van der Waals surface area contributed by atoms with Gasteiger partial charge in [-0.1, -0.05) is 6.92 Å². The van der Waals surface area contributed by atoms with Gasteiger partial charge in [0.15, 0.2) is 5.82 Å². The first kappa shape index (κ1) is 8.68. The summed E-state index contributed by atoms with van der Waals surface area (Å²) in [6.45, 7) is 2.04. The summed E-state index contributed by atoms with van der Waals surface area (Å²) < 4.78 is 1.71. The van der Waals surface area contributed by atoms with Crippen molar-refractivity contribution in [2.45, 2.75) is 13.3 Å². The van der Waals surface area contributed by atoms with E-state index in [1.165, 1.54) is 0 Å². The number of nitrogen functional groups attached to an aromatic ring is 1. The highest BCUT2D eigenvalue weighted by Crippen LogP contribution is 2.11. The lowest BCUT2D eigenvalue weighted by atomic mass is 10.3. The van der Waals surface area contributed by atoms with Gasteiger partial charge < -0.3 is 5.73 Å². The van der Waals surface area contributed by atoms with Crippen molar-refractivity contribution in [3.8, 4) is 5.82 Å². The first-order valence-corrected chi connectivity index (χ1v) is 4.43. The van der Waals surface area contributed by atoms with E-state index >= 15 is 0 Å². The summed E-state index contributed by atoms with van der Waals surface area (Å²) in [5, 5.41) is 11.9. The minimum Gasteiger partial charge on any atom is -0.382 e. The Morgan fingerprint density at radius 3 is 3.00 bits per heavy atom. The number of nitrogens with zero attached hydrogens (tertiary/aromatic N) is 4. The number of nitrogens with two attached hydrogens (primary N) is 1. The molecule has 0 fully saturated rings. The topological polar surface area (TPSA) is 69.6 Å². The molecule has 0 amide bonds. The molecule has 2 aromatic rings. The molecular weight excluding hydrogens is 178 g/mol. The maximum absolute atomic E-state index is 5.61. The number of aromatic nitrogens is 4. The van der Waals surface area contributed by atoms with Gasteiger partial charge in [-0.05, 0) is 18.6 Å². The fourth-order valence-corrected chi connectivity index (χ4v) is 1.30. The van der Waals surface area contributed by atoms with Crippen LogP contribution in [-0.4, -0.2) is 20.0 Å². The van der Waals surface area contributed by atoms with E-state index in [1.807, 2.05) is 25.1 Å². The Morgan fingerprint density at radius 2 is 2.36 bits per heavy atom. The summed E-state index contributed by atoms with van der Waals surface area (Å²) >= 11 is 0. The number of rotatable bonds is 2. The molecule has 0 bridgehead atoms. The molecule has 0 radical (unpaired) electrons. The van der Waals surface area contributed by atoms with Crippen LogP contribution in [-0.2, 0) is 6.42 Å². The van der Waals surface area contributed by atoms with Gasteiger partial charge in [0.25, 0.3) is 0 Å². The van der Waals surface area contributed by atoms with Gasteiger partial charge in [0.05, 0.1) is 0 Å². The summed E-state index contributed by atoms with van der Waals surface area (Å²) in [5.41, 5.74) is 6.64. The fraction of sp³-hybridized carbons (Fsp3) is 0.222. The van der Waals surface area contributed by atoms with E-state index in [-0.39, 0.29) is 0 Å². The molecule has 5 heteroatoms. The average molecular weight is 189 g/mol. The molecule has 72 valence electrons. The highest BCUT2D eigenvalue weighted by Gasteiger charge is 2.06. The van der Waals surface area contributed by atoms with Crippen LogP contribution in [0.5, 0.6) is 0 Å². The Morgan fingerprint density at radius 1 is 1.50 bits per heavy atom. The second-order valence-corrected chi connectivity index (χ2v) is 2.91. The number of anilines is 1. The summed E-state index contributed by atoms with van der Waals surface area (Å²) in [4.78, 5) is 0. The minimum absolute atomic E-state index is 0.507. The molecule has 2 heterocycles. The van der Waals surface area contributed by atoms with Crippen molar-refractivity contribution in [1.82, 2.24) is 20.0 Å². The van der Waals surface area contributed by atoms with Crippen molar-refractivity contribution in [3.63, 3.8) is 0 Å². The molecule has 14 heavy (non-hydrogen) atoms. The third-order valence-corrected chi connectivity index (χ3v) is 1.94. The van der Waals surface area contributed by atoms with Gasteiger partial charge in [0.2, 0.25) is 0 Å². The molecular formula is C9H11N5. The average Bonchev–Trinajstić information content (AvgIpc) is 2.61. The van der Waals surface area contributed by atoms with Crippen LogP contribution in [0.15, 0.2) is 24.4 Å². The van der Waals surface area contributed by atoms with Crippen molar-refractivity contribution < 1.29 is 0 Å². The van der Waals surface area contributed by atoms with E-state index < -0.39 is 0 Å². The van der Waals surface area contributed by atoms with Crippen molar-refractivity contribution >= 4 is 5.82 Å². The molecule has 0 aliphatic heterocycles. The Balaban J connectivity index is 2.51. The molecule has 2 N–H and O–H groups in total. The Bertz CT molecular complexity index is 420. The Hall–Kier alpha value is -1.91. The first-order valence-electron chi connectivity index (χ1n) is 4.43. The standard InChI is InChI=1S/C9H11N5/c1-2-7-6-8(10)13-14(7)9-4-3-5-11-12-9/h3-6H,2H2,1H3,(H2,10,13). The first-order chi connectivity index (χ1) is 6.81. The molecule has 0 spiro atoms. The molecule has 2 aromatic heterocycles. The zero-order valence-corrected chi connectivity index (χ0v) is 7.88. The largest absolute Gasteiger partial charge is 0.382 e. The van der Waals surface area contributed by atoms with E-state index in [4.69, 9.17) is 5.73 Å². The SMILES string of the molecule is CCc1cc(N)nn1-c1cccnn1. The maximum atomic E-state index is 5.61. The second kappa shape index (κ2) is 3.45. The van der Waals surface area contributed by atoms with E-state index in [2.05, 4.69) is 15.3 Å². The highest BCUT2D eigenvalue weighted by atomic mass is 15.4. The van der Waals surface area contributed by atoms with Crippen molar-refractivity contribution in [1.29, 1.82) is 0 Å². The quantitative estimate of drug-likeness (QED) is 0.758. The molecule has 2 rings (SSSR count). The number of hydrogen-bond donors (Lipinski definition) is 1. The predicted octanol–water partition coefficient (Wildman–Crippen LogP) is 0.807. The van der Waals surface area contributed by atoms with Crippen molar-refractivity contribution in [2.75, 3.05) is 5.73 Å². The zero-order valence-electron chi connectivity index (χ0n) is 7.88.